The van der Waals surface area contributed by atoms with Crippen molar-refractivity contribution in [3.63, 3.8) is 0 Å². The van der Waals surface area contributed by atoms with Crippen molar-refractivity contribution < 1.29 is 9.59 Å². The van der Waals surface area contributed by atoms with Gasteiger partial charge >= 0.3 is 0 Å². The van der Waals surface area contributed by atoms with Gasteiger partial charge in [-0.25, -0.2) is 9.59 Å². The molecule has 0 amide bonds. The molecule has 0 spiro atoms. The third kappa shape index (κ3) is 6.97. The Morgan fingerprint density at radius 1 is 1.46 bits per heavy atom. The Kier molecular flexibility index (Phi) is 7.74. The smallest absolute Gasteiger partial charge is 0.221 e. The van der Waals surface area contributed by atoms with Crippen LogP contribution < -0.4 is 0 Å². The van der Waals surface area contributed by atoms with Gasteiger partial charge in [-0.1, -0.05) is 0 Å². The molecule has 1 rings (SSSR count). The zero-order valence-corrected chi connectivity index (χ0v) is 7.54. The molecule has 0 saturated heterocycles. The SMILES string of the molecule is ClCCCc1cn[nH]n1.O=C=C=O. The van der Waals surface area contributed by atoms with Crippen molar-refractivity contribution in [1.82, 2.24) is 15.4 Å². The maximum atomic E-state index is 8.62. The van der Waals surface area contributed by atoms with Crippen molar-refractivity contribution in [2.24, 2.45) is 0 Å². The van der Waals surface area contributed by atoms with E-state index in [-0.39, 0.29) is 0 Å². The number of H-pyrrole nitrogens is 1. The molecule has 6 heteroatoms. The predicted octanol–water partition coefficient (Wildman–Crippen LogP) is 0.182. The van der Waals surface area contributed by atoms with Crippen molar-refractivity contribution in [2.75, 3.05) is 5.88 Å². The highest BCUT2D eigenvalue weighted by atomic mass is 35.5. The largest absolute Gasteiger partial charge is 0.221 e. The van der Waals surface area contributed by atoms with Crippen LogP contribution >= 0.6 is 11.6 Å². The minimum absolute atomic E-state index is 0.687. The quantitative estimate of drug-likeness (QED) is 0.559. The number of rotatable bonds is 3. The number of nitrogens with one attached hydrogen (secondary N) is 1. The Labute approximate surface area is 79.8 Å². The molecule has 0 aliphatic rings. The molecule has 0 aliphatic carbocycles. The van der Waals surface area contributed by atoms with E-state index in [1.807, 2.05) is 0 Å². The number of halogens is 1. The standard InChI is InChI=1S/C5H8ClN3.C2O2/c6-3-1-2-5-4-7-9-8-5;3-1-2-4/h4H,1-3H2,(H,7,8,9);. The summed E-state index contributed by atoms with van der Waals surface area (Å²) in [4.78, 5) is 17.2. The number of nitrogens with zero attached hydrogens (tertiary/aromatic N) is 2. The zero-order chi connectivity index (χ0) is 9.94. The Bertz CT molecular complexity index is 266. The van der Waals surface area contributed by atoms with Crippen molar-refractivity contribution in [1.29, 1.82) is 0 Å². The van der Waals surface area contributed by atoms with Crippen molar-refractivity contribution in [3.8, 4) is 0 Å². The van der Waals surface area contributed by atoms with E-state index < -0.39 is 0 Å². The van der Waals surface area contributed by atoms with Gasteiger partial charge in [0.15, 0.2) is 0 Å². The molecule has 13 heavy (non-hydrogen) atoms. The molecule has 1 heterocycles. The van der Waals surface area contributed by atoms with Gasteiger partial charge in [0.05, 0.1) is 11.9 Å². The Morgan fingerprint density at radius 3 is 2.54 bits per heavy atom. The van der Waals surface area contributed by atoms with E-state index in [1.54, 1.807) is 6.20 Å². The molecule has 1 aromatic heterocycles. The molecular formula is C7H8ClN3O2. The first kappa shape index (κ1) is 11.6. The monoisotopic (exact) mass is 201 g/mol. The third-order valence-corrected chi connectivity index (χ3v) is 1.34. The lowest BCUT2D eigenvalue weighted by Crippen LogP contribution is -1.85. The van der Waals surface area contributed by atoms with E-state index in [0.717, 1.165) is 30.4 Å². The lowest BCUT2D eigenvalue weighted by molar-refractivity contribution is 0.552. The zero-order valence-electron chi connectivity index (χ0n) is 6.79. The molecule has 0 atom stereocenters. The van der Waals surface area contributed by atoms with Crippen LogP contribution in [-0.2, 0) is 16.0 Å². The van der Waals surface area contributed by atoms with Gasteiger partial charge in [0, 0.05) is 5.88 Å². The molecule has 70 valence electrons. The summed E-state index contributed by atoms with van der Waals surface area (Å²) in [5, 5.41) is 10.1. The van der Waals surface area contributed by atoms with Crippen LogP contribution in [0.15, 0.2) is 6.20 Å². The molecule has 0 radical (unpaired) electrons. The van der Waals surface area contributed by atoms with Gasteiger partial charge in [-0.3, -0.25) is 0 Å². The molecule has 5 nitrogen and oxygen atoms in total. The molecule has 0 unspecified atom stereocenters. The van der Waals surface area contributed by atoms with Crippen LogP contribution in [0.25, 0.3) is 0 Å². The van der Waals surface area contributed by atoms with Crippen LogP contribution in [0.4, 0.5) is 0 Å². The second-order valence-corrected chi connectivity index (χ2v) is 2.34. The second kappa shape index (κ2) is 8.68. The third-order valence-electron chi connectivity index (χ3n) is 1.07. The van der Waals surface area contributed by atoms with Crippen molar-refractivity contribution >= 4 is 23.5 Å². The number of hydrogen-bond acceptors (Lipinski definition) is 4. The van der Waals surface area contributed by atoms with Crippen LogP contribution in [-0.4, -0.2) is 33.2 Å². The molecule has 0 aliphatic heterocycles. The van der Waals surface area contributed by atoms with E-state index >= 15 is 0 Å². The number of carbonyl (C=O) groups excluding carboxylic acids is 2. The summed E-state index contributed by atoms with van der Waals surface area (Å²) >= 11 is 5.46. The average Bonchev–Trinajstić information content (AvgIpc) is 2.67. The van der Waals surface area contributed by atoms with Crippen LogP contribution in [0, 0.1) is 0 Å². The number of aromatic nitrogens is 3. The first-order chi connectivity index (χ1) is 6.35. The maximum Gasteiger partial charge on any atom is 0.221 e. The summed E-state index contributed by atoms with van der Waals surface area (Å²) in [5.41, 5.74) is 0.982. The normalized spacial score (nSPS) is 7.77. The fourth-order valence-corrected chi connectivity index (χ4v) is 0.727. The molecule has 0 bridgehead atoms. The maximum absolute atomic E-state index is 8.62. The molecule has 1 N–H and O–H groups in total. The fourth-order valence-electron chi connectivity index (χ4n) is 0.594. The molecule has 0 fully saturated rings. The van der Waals surface area contributed by atoms with E-state index in [1.165, 1.54) is 0 Å². The van der Waals surface area contributed by atoms with Gasteiger partial charge in [0.2, 0.25) is 11.9 Å². The lowest BCUT2D eigenvalue weighted by Gasteiger charge is -1.86. The highest BCUT2D eigenvalue weighted by Gasteiger charge is 1.92. The van der Waals surface area contributed by atoms with E-state index in [4.69, 9.17) is 21.2 Å². The lowest BCUT2D eigenvalue weighted by atomic mass is 10.3. The molecular weight excluding hydrogens is 194 g/mol. The summed E-state index contributed by atoms with van der Waals surface area (Å²) in [6.45, 7) is 0. The number of alkyl halides is 1. The Balaban J connectivity index is 0.000000310. The van der Waals surface area contributed by atoms with E-state index in [9.17, 15) is 0 Å². The van der Waals surface area contributed by atoms with Gasteiger partial charge in [0.1, 0.15) is 0 Å². The first-order valence-corrected chi connectivity index (χ1v) is 4.03. The van der Waals surface area contributed by atoms with Crippen molar-refractivity contribution in [2.45, 2.75) is 12.8 Å². The number of aromatic amines is 1. The molecule has 0 saturated carbocycles. The minimum atomic E-state index is 0.687. The Hall–Kier alpha value is -1.41. The predicted molar refractivity (Wildman–Crippen MR) is 46.8 cm³/mol. The van der Waals surface area contributed by atoms with Gasteiger partial charge in [0.25, 0.3) is 0 Å². The first-order valence-electron chi connectivity index (χ1n) is 3.50. The molecule has 1 aromatic rings. The van der Waals surface area contributed by atoms with E-state index in [2.05, 4.69) is 15.4 Å². The minimum Gasteiger partial charge on any atom is -0.221 e. The summed E-state index contributed by atoms with van der Waals surface area (Å²) in [7, 11) is 0. The van der Waals surface area contributed by atoms with Crippen LogP contribution in [0.2, 0.25) is 0 Å². The van der Waals surface area contributed by atoms with Gasteiger partial charge in [-0.15, -0.1) is 11.6 Å². The number of aryl methyl sites for hydroxylation is 1. The van der Waals surface area contributed by atoms with Gasteiger partial charge in [-0.2, -0.15) is 15.4 Å². The Morgan fingerprint density at radius 2 is 2.15 bits per heavy atom. The topological polar surface area (TPSA) is 75.7 Å². The van der Waals surface area contributed by atoms with Crippen LogP contribution in [0.1, 0.15) is 12.1 Å². The van der Waals surface area contributed by atoms with Crippen molar-refractivity contribution in [3.05, 3.63) is 11.9 Å². The van der Waals surface area contributed by atoms with Crippen LogP contribution in [0.3, 0.4) is 0 Å². The highest BCUT2D eigenvalue weighted by Crippen LogP contribution is 1.95. The van der Waals surface area contributed by atoms with E-state index in [0.29, 0.717) is 5.88 Å². The molecule has 0 aromatic carbocycles. The summed E-state index contributed by atoms with van der Waals surface area (Å²) in [6, 6.07) is 0. The number of hydrogen-bond donors (Lipinski definition) is 1. The summed E-state index contributed by atoms with van der Waals surface area (Å²) in [5.74, 6) is 2.44. The average molecular weight is 202 g/mol. The summed E-state index contributed by atoms with van der Waals surface area (Å²) in [6.07, 6.45) is 3.60. The van der Waals surface area contributed by atoms with Crippen LogP contribution in [0.5, 0.6) is 0 Å². The second-order valence-electron chi connectivity index (χ2n) is 1.96. The summed E-state index contributed by atoms with van der Waals surface area (Å²) < 4.78 is 0. The van der Waals surface area contributed by atoms with Gasteiger partial charge in [-0.05, 0) is 12.8 Å². The fraction of sp³-hybridized carbons (Fsp3) is 0.429. The van der Waals surface area contributed by atoms with Gasteiger partial charge < -0.3 is 0 Å². The highest BCUT2D eigenvalue weighted by molar-refractivity contribution is 6.17.